The van der Waals surface area contributed by atoms with Crippen LogP contribution in [0.5, 0.6) is 0 Å². The molecule has 0 aliphatic rings. The van der Waals surface area contributed by atoms with Gasteiger partial charge in [-0.2, -0.15) is 0 Å². The summed E-state index contributed by atoms with van der Waals surface area (Å²) in [5.41, 5.74) is 2.09. The van der Waals surface area contributed by atoms with E-state index in [1.165, 1.54) is 0 Å². The van der Waals surface area contributed by atoms with Crippen LogP contribution in [-0.4, -0.2) is 17.0 Å². The molecular weight excluding hydrogens is 226 g/mol. The van der Waals surface area contributed by atoms with Crippen LogP contribution in [0.1, 0.15) is 11.1 Å². The Kier molecular flexibility index (Phi) is 3.10. The van der Waals surface area contributed by atoms with Gasteiger partial charge in [0, 0.05) is 30.9 Å². The Morgan fingerprint density at radius 3 is 3.00 bits per heavy atom. The molecule has 0 spiro atoms. The Balaban J connectivity index is 2.20. The van der Waals surface area contributed by atoms with Gasteiger partial charge >= 0.3 is 0 Å². The van der Waals surface area contributed by atoms with E-state index < -0.39 is 0 Å². The SMILES string of the molecule is Cc1cnc(Cl)nc1N(C)Cc1ccoc1. The highest BCUT2D eigenvalue weighted by Crippen LogP contribution is 2.18. The molecule has 0 aliphatic heterocycles. The minimum absolute atomic E-state index is 0.264. The summed E-state index contributed by atoms with van der Waals surface area (Å²) < 4.78 is 5.02. The molecule has 16 heavy (non-hydrogen) atoms. The Hall–Kier alpha value is -1.55. The minimum atomic E-state index is 0.264. The molecule has 0 bridgehead atoms. The van der Waals surface area contributed by atoms with E-state index in [4.69, 9.17) is 16.0 Å². The maximum absolute atomic E-state index is 5.78. The Bertz CT molecular complexity index is 470. The fourth-order valence-corrected chi connectivity index (χ4v) is 1.66. The molecule has 2 aromatic heterocycles. The second kappa shape index (κ2) is 4.53. The summed E-state index contributed by atoms with van der Waals surface area (Å²) in [7, 11) is 1.96. The molecule has 0 radical (unpaired) electrons. The van der Waals surface area contributed by atoms with Crippen molar-refractivity contribution in [1.29, 1.82) is 0 Å². The first kappa shape index (κ1) is 11.0. The van der Waals surface area contributed by atoms with Gasteiger partial charge in [0.25, 0.3) is 0 Å². The topological polar surface area (TPSA) is 42.2 Å². The average molecular weight is 238 g/mol. The van der Waals surface area contributed by atoms with Gasteiger partial charge in [-0.25, -0.2) is 9.97 Å². The van der Waals surface area contributed by atoms with Crippen molar-refractivity contribution in [2.24, 2.45) is 0 Å². The molecule has 0 N–H and O–H groups in total. The van der Waals surface area contributed by atoms with Crippen LogP contribution in [0.25, 0.3) is 0 Å². The van der Waals surface area contributed by atoms with Gasteiger partial charge in [-0.05, 0) is 24.6 Å². The van der Waals surface area contributed by atoms with E-state index >= 15 is 0 Å². The standard InChI is InChI=1S/C11H12ClN3O/c1-8-5-13-11(12)14-10(8)15(2)6-9-3-4-16-7-9/h3-5,7H,6H2,1-2H3. The van der Waals surface area contributed by atoms with Crippen molar-refractivity contribution in [3.63, 3.8) is 0 Å². The van der Waals surface area contributed by atoms with Gasteiger partial charge in [-0.15, -0.1) is 0 Å². The number of nitrogens with zero attached hydrogens (tertiary/aromatic N) is 3. The zero-order valence-corrected chi connectivity index (χ0v) is 9.90. The van der Waals surface area contributed by atoms with Crippen molar-refractivity contribution >= 4 is 17.4 Å². The van der Waals surface area contributed by atoms with E-state index in [9.17, 15) is 0 Å². The third-order valence-corrected chi connectivity index (χ3v) is 2.46. The van der Waals surface area contributed by atoms with Crippen molar-refractivity contribution in [1.82, 2.24) is 9.97 Å². The monoisotopic (exact) mass is 237 g/mol. The number of aryl methyl sites for hydroxylation is 1. The molecule has 0 aliphatic carbocycles. The molecule has 4 nitrogen and oxygen atoms in total. The molecule has 0 unspecified atom stereocenters. The zero-order valence-electron chi connectivity index (χ0n) is 9.14. The van der Waals surface area contributed by atoms with Crippen LogP contribution in [0.3, 0.4) is 0 Å². The molecular formula is C11H12ClN3O. The first-order valence-corrected chi connectivity index (χ1v) is 5.26. The average Bonchev–Trinajstić information content (AvgIpc) is 2.74. The van der Waals surface area contributed by atoms with Gasteiger partial charge in [0.2, 0.25) is 5.28 Å². The minimum Gasteiger partial charge on any atom is -0.472 e. The lowest BCUT2D eigenvalue weighted by molar-refractivity contribution is 0.563. The van der Waals surface area contributed by atoms with Crippen LogP contribution >= 0.6 is 11.6 Å². The fourth-order valence-electron chi connectivity index (χ4n) is 1.53. The summed E-state index contributed by atoms with van der Waals surface area (Å²) in [6, 6.07) is 1.93. The van der Waals surface area contributed by atoms with Crippen molar-refractivity contribution < 1.29 is 4.42 Å². The van der Waals surface area contributed by atoms with Gasteiger partial charge in [-0.3, -0.25) is 0 Å². The van der Waals surface area contributed by atoms with Crippen molar-refractivity contribution in [3.05, 3.63) is 41.2 Å². The van der Waals surface area contributed by atoms with Crippen molar-refractivity contribution in [2.75, 3.05) is 11.9 Å². The lowest BCUT2D eigenvalue weighted by Crippen LogP contribution is -2.18. The molecule has 0 saturated heterocycles. The highest BCUT2D eigenvalue weighted by Gasteiger charge is 2.09. The summed E-state index contributed by atoms with van der Waals surface area (Å²) in [5, 5.41) is 0.264. The number of rotatable bonds is 3. The largest absolute Gasteiger partial charge is 0.472 e. The van der Waals surface area contributed by atoms with Crippen LogP contribution < -0.4 is 4.90 Å². The number of furan rings is 1. The van der Waals surface area contributed by atoms with E-state index in [0.717, 1.165) is 23.5 Å². The third kappa shape index (κ3) is 2.33. The maximum Gasteiger partial charge on any atom is 0.224 e. The first-order valence-electron chi connectivity index (χ1n) is 4.88. The van der Waals surface area contributed by atoms with E-state index in [2.05, 4.69) is 9.97 Å². The first-order chi connectivity index (χ1) is 7.66. The van der Waals surface area contributed by atoms with Crippen LogP contribution in [0.15, 0.2) is 29.2 Å². The number of hydrogen-bond acceptors (Lipinski definition) is 4. The highest BCUT2D eigenvalue weighted by molar-refractivity contribution is 6.28. The predicted octanol–water partition coefficient (Wildman–Crippen LogP) is 2.67. The predicted molar refractivity (Wildman–Crippen MR) is 62.6 cm³/mol. The molecule has 0 atom stereocenters. The van der Waals surface area contributed by atoms with Crippen molar-refractivity contribution in [2.45, 2.75) is 13.5 Å². The summed E-state index contributed by atoms with van der Waals surface area (Å²) in [6.07, 6.45) is 5.09. The number of anilines is 1. The normalized spacial score (nSPS) is 10.4. The van der Waals surface area contributed by atoms with Gasteiger partial charge in [0.05, 0.1) is 12.5 Å². The van der Waals surface area contributed by atoms with Crippen molar-refractivity contribution in [3.8, 4) is 0 Å². The smallest absolute Gasteiger partial charge is 0.224 e. The molecule has 0 fully saturated rings. The van der Waals surface area contributed by atoms with E-state index in [1.807, 2.05) is 24.9 Å². The number of halogens is 1. The quantitative estimate of drug-likeness (QED) is 0.770. The summed E-state index contributed by atoms with van der Waals surface area (Å²) in [4.78, 5) is 10.1. The van der Waals surface area contributed by atoms with E-state index in [0.29, 0.717) is 0 Å². The molecule has 2 heterocycles. The van der Waals surface area contributed by atoms with Crippen LogP contribution in [0.2, 0.25) is 5.28 Å². The Labute approximate surface area is 98.9 Å². The summed E-state index contributed by atoms with van der Waals surface area (Å²) >= 11 is 5.78. The molecule has 2 aromatic rings. The molecule has 0 aromatic carbocycles. The van der Waals surface area contributed by atoms with Crippen LogP contribution in [0.4, 0.5) is 5.82 Å². The molecule has 0 amide bonds. The summed E-state index contributed by atoms with van der Waals surface area (Å²) in [6.45, 7) is 2.68. The maximum atomic E-state index is 5.78. The zero-order chi connectivity index (χ0) is 11.5. The van der Waals surface area contributed by atoms with E-state index in [1.54, 1.807) is 18.7 Å². The van der Waals surface area contributed by atoms with Crippen LogP contribution in [0, 0.1) is 6.92 Å². The Morgan fingerprint density at radius 2 is 2.31 bits per heavy atom. The second-order valence-corrected chi connectivity index (χ2v) is 3.97. The fraction of sp³-hybridized carbons (Fsp3) is 0.273. The van der Waals surface area contributed by atoms with Gasteiger partial charge < -0.3 is 9.32 Å². The molecule has 5 heteroatoms. The van der Waals surface area contributed by atoms with Gasteiger partial charge in [-0.1, -0.05) is 0 Å². The molecule has 84 valence electrons. The molecule has 2 rings (SSSR count). The number of aromatic nitrogens is 2. The van der Waals surface area contributed by atoms with Crippen LogP contribution in [-0.2, 0) is 6.54 Å². The molecule has 0 saturated carbocycles. The Morgan fingerprint density at radius 1 is 1.50 bits per heavy atom. The van der Waals surface area contributed by atoms with Gasteiger partial charge in [0.1, 0.15) is 5.82 Å². The second-order valence-electron chi connectivity index (χ2n) is 3.63. The van der Waals surface area contributed by atoms with Gasteiger partial charge in [0.15, 0.2) is 0 Å². The third-order valence-electron chi connectivity index (χ3n) is 2.28. The highest BCUT2D eigenvalue weighted by atomic mass is 35.5. The lowest BCUT2D eigenvalue weighted by Gasteiger charge is -2.18. The van der Waals surface area contributed by atoms with E-state index in [-0.39, 0.29) is 5.28 Å². The number of hydrogen-bond donors (Lipinski definition) is 0. The summed E-state index contributed by atoms with van der Waals surface area (Å²) in [5.74, 6) is 0.834. The lowest BCUT2D eigenvalue weighted by atomic mass is 10.3.